The molecule has 0 heterocycles. The van der Waals surface area contributed by atoms with Crippen molar-refractivity contribution < 1.29 is 9.66 Å². The lowest BCUT2D eigenvalue weighted by atomic mass is 9.87. The lowest BCUT2D eigenvalue weighted by Crippen LogP contribution is -2.42. The summed E-state index contributed by atoms with van der Waals surface area (Å²) in [7, 11) is 0. The number of non-ortho nitro benzene ring substituents is 1. The number of nitro groups is 1. The molecule has 6 heteroatoms. The van der Waals surface area contributed by atoms with Crippen molar-refractivity contribution >= 4 is 5.69 Å². The summed E-state index contributed by atoms with van der Waals surface area (Å²) in [4.78, 5) is 10.3. The van der Waals surface area contributed by atoms with Gasteiger partial charge in [0.1, 0.15) is 11.3 Å². The number of hydrogen-bond acceptors (Lipinski definition) is 5. The molecule has 0 amide bonds. The first-order chi connectivity index (χ1) is 9.96. The molecule has 2 atom stereocenters. The molecule has 6 nitrogen and oxygen atoms in total. The standard InChI is InChI=1S/C15H19N3O3/c1-11-4-5-13(18(19)20)9-14(11)21-8-6-12-3-2-7-15(12,17)10-16/h4-5,9,12H,2-3,6-8,17H2,1H3. The second-order valence-electron chi connectivity index (χ2n) is 5.59. The summed E-state index contributed by atoms with van der Waals surface area (Å²) >= 11 is 0. The minimum Gasteiger partial charge on any atom is -0.493 e. The molecule has 0 aliphatic heterocycles. The Kier molecular flexibility index (Phi) is 4.43. The Hall–Kier alpha value is -2.13. The third-order valence-electron chi connectivity index (χ3n) is 4.19. The van der Waals surface area contributed by atoms with E-state index in [0.717, 1.165) is 24.8 Å². The Morgan fingerprint density at radius 3 is 3.05 bits per heavy atom. The molecule has 2 N–H and O–H groups in total. The summed E-state index contributed by atoms with van der Waals surface area (Å²) in [5, 5.41) is 19.9. The van der Waals surface area contributed by atoms with E-state index in [1.165, 1.54) is 12.1 Å². The van der Waals surface area contributed by atoms with E-state index in [2.05, 4.69) is 6.07 Å². The fourth-order valence-corrected chi connectivity index (χ4v) is 2.82. The van der Waals surface area contributed by atoms with Crippen LogP contribution in [0.4, 0.5) is 5.69 Å². The van der Waals surface area contributed by atoms with Gasteiger partial charge < -0.3 is 10.5 Å². The molecule has 0 radical (unpaired) electrons. The molecular formula is C15H19N3O3. The van der Waals surface area contributed by atoms with Crippen LogP contribution in [0.5, 0.6) is 5.75 Å². The number of nitrogens with zero attached hydrogens (tertiary/aromatic N) is 2. The number of hydrogen-bond donors (Lipinski definition) is 1. The molecule has 1 aliphatic rings. The summed E-state index contributed by atoms with van der Waals surface area (Å²) in [5.41, 5.74) is 6.19. The van der Waals surface area contributed by atoms with Crippen LogP contribution in [-0.2, 0) is 0 Å². The van der Waals surface area contributed by atoms with Crippen molar-refractivity contribution in [2.24, 2.45) is 11.7 Å². The summed E-state index contributed by atoms with van der Waals surface area (Å²) in [6.07, 6.45) is 3.31. The second-order valence-corrected chi connectivity index (χ2v) is 5.59. The smallest absolute Gasteiger partial charge is 0.273 e. The maximum absolute atomic E-state index is 10.8. The molecule has 1 aromatic rings. The van der Waals surface area contributed by atoms with Gasteiger partial charge in [-0.3, -0.25) is 10.1 Å². The molecular weight excluding hydrogens is 270 g/mol. The molecule has 1 aliphatic carbocycles. The number of rotatable bonds is 5. The molecule has 1 fully saturated rings. The molecule has 2 rings (SSSR count). The van der Waals surface area contributed by atoms with Crippen LogP contribution >= 0.6 is 0 Å². The maximum Gasteiger partial charge on any atom is 0.273 e. The maximum atomic E-state index is 10.8. The minimum atomic E-state index is -0.749. The van der Waals surface area contributed by atoms with Gasteiger partial charge in [-0.25, -0.2) is 0 Å². The first kappa shape index (κ1) is 15.3. The predicted molar refractivity (Wildman–Crippen MR) is 77.8 cm³/mol. The lowest BCUT2D eigenvalue weighted by molar-refractivity contribution is -0.384. The van der Waals surface area contributed by atoms with E-state index in [1.807, 2.05) is 6.92 Å². The van der Waals surface area contributed by atoms with Crippen molar-refractivity contribution in [1.82, 2.24) is 0 Å². The number of benzene rings is 1. The van der Waals surface area contributed by atoms with E-state index in [0.29, 0.717) is 18.8 Å². The Bertz CT molecular complexity index is 582. The van der Waals surface area contributed by atoms with Gasteiger partial charge in [0.05, 0.1) is 23.7 Å². The lowest BCUT2D eigenvalue weighted by Gasteiger charge is -2.23. The van der Waals surface area contributed by atoms with Gasteiger partial charge in [0.15, 0.2) is 0 Å². The highest BCUT2D eigenvalue weighted by molar-refractivity contribution is 5.43. The monoisotopic (exact) mass is 289 g/mol. The molecule has 21 heavy (non-hydrogen) atoms. The molecule has 0 spiro atoms. The molecule has 1 aromatic carbocycles. The largest absolute Gasteiger partial charge is 0.493 e. The first-order valence-electron chi connectivity index (χ1n) is 7.04. The second kappa shape index (κ2) is 6.10. The average Bonchev–Trinajstić information content (AvgIpc) is 2.83. The van der Waals surface area contributed by atoms with Gasteiger partial charge in [0.25, 0.3) is 5.69 Å². The van der Waals surface area contributed by atoms with E-state index in [4.69, 9.17) is 15.7 Å². The van der Waals surface area contributed by atoms with Gasteiger partial charge in [0.2, 0.25) is 0 Å². The van der Waals surface area contributed by atoms with Crippen molar-refractivity contribution in [2.75, 3.05) is 6.61 Å². The van der Waals surface area contributed by atoms with Crippen LogP contribution in [0.2, 0.25) is 0 Å². The Morgan fingerprint density at radius 1 is 1.62 bits per heavy atom. The highest BCUT2D eigenvalue weighted by Gasteiger charge is 2.39. The van der Waals surface area contributed by atoms with Gasteiger partial charge in [-0.05, 0) is 43.7 Å². The summed E-state index contributed by atoms with van der Waals surface area (Å²) in [6, 6.07) is 6.77. The Balaban J connectivity index is 1.96. The van der Waals surface area contributed by atoms with Gasteiger partial charge >= 0.3 is 0 Å². The van der Waals surface area contributed by atoms with Crippen molar-refractivity contribution in [1.29, 1.82) is 5.26 Å². The number of nitro benzene ring substituents is 1. The van der Waals surface area contributed by atoms with Crippen LogP contribution < -0.4 is 10.5 Å². The fourth-order valence-electron chi connectivity index (χ4n) is 2.82. The first-order valence-corrected chi connectivity index (χ1v) is 7.04. The van der Waals surface area contributed by atoms with E-state index in [1.54, 1.807) is 6.07 Å². The van der Waals surface area contributed by atoms with Crippen LogP contribution in [-0.4, -0.2) is 17.1 Å². The summed E-state index contributed by atoms with van der Waals surface area (Å²) < 4.78 is 5.66. The van der Waals surface area contributed by atoms with Crippen molar-refractivity contribution in [3.8, 4) is 11.8 Å². The van der Waals surface area contributed by atoms with Gasteiger partial charge in [-0.1, -0.05) is 6.42 Å². The molecule has 0 saturated heterocycles. The number of aryl methyl sites for hydroxylation is 1. The quantitative estimate of drug-likeness (QED) is 0.663. The zero-order chi connectivity index (χ0) is 15.5. The number of nitriles is 1. The Labute approximate surface area is 123 Å². The molecule has 0 bridgehead atoms. The van der Waals surface area contributed by atoms with Crippen molar-refractivity contribution in [2.45, 2.75) is 38.1 Å². The molecule has 2 unspecified atom stereocenters. The van der Waals surface area contributed by atoms with Gasteiger partial charge in [0, 0.05) is 6.07 Å². The minimum absolute atomic E-state index is 0.0154. The fraction of sp³-hybridized carbons (Fsp3) is 0.533. The molecule has 112 valence electrons. The normalized spacial score (nSPS) is 24.5. The predicted octanol–water partition coefficient (Wildman–Crippen LogP) is 2.69. The van der Waals surface area contributed by atoms with E-state index >= 15 is 0 Å². The highest BCUT2D eigenvalue weighted by Crippen LogP contribution is 2.35. The van der Waals surface area contributed by atoms with Gasteiger partial charge in [-0.2, -0.15) is 5.26 Å². The number of nitrogens with two attached hydrogens (primary N) is 1. The van der Waals surface area contributed by atoms with Crippen LogP contribution in [0.1, 0.15) is 31.2 Å². The average molecular weight is 289 g/mol. The summed E-state index contributed by atoms with van der Waals surface area (Å²) in [5.74, 6) is 0.642. The van der Waals surface area contributed by atoms with Crippen molar-refractivity contribution in [3.63, 3.8) is 0 Å². The van der Waals surface area contributed by atoms with E-state index in [-0.39, 0.29) is 11.6 Å². The molecule has 1 saturated carbocycles. The van der Waals surface area contributed by atoms with Crippen LogP contribution in [0.25, 0.3) is 0 Å². The third-order valence-corrected chi connectivity index (χ3v) is 4.19. The summed E-state index contributed by atoms with van der Waals surface area (Å²) in [6.45, 7) is 2.25. The molecule has 0 aromatic heterocycles. The van der Waals surface area contributed by atoms with Crippen LogP contribution in [0, 0.1) is 34.3 Å². The van der Waals surface area contributed by atoms with E-state index in [9.17, 15) is 10.1 Å². The zero-order valence-corrected chi connectivity index (χ0v) is 12.0. The topological polar surface area (TPSA) is 102 Å². The highest BCUT2D eigenvalue weighted by atomic mass is 16.6. The van der Waals surface area contributed by atoms with Crippen LogP contribution in [0.15, 0.2) is 18.2 Å². The third kappa shape index (κ3) is 3.31. The Morgan fingerprint density at radius 2 is 2.38 bits per heavy atom. The van der Waals surface area contributed by atoms with Gasteiger partial charge in [-0.15, -0.1) is 0 Å². The number of ether oxygens (including phenoxy) is 1. The van der Waals surface area contributed by atoms with Crippen molar-refractivity contribution in [3.05, 3.63) is 33.9 Å². The van der Waals surface area contributed by atoms with Crippen LogP contribution in [0.3, 0.4) is 0 Å². The van der Waals surface area contributed by atoms with E-state index < -0.39 is 10.5 Å². The zero-order valence-electron chi connectivity index (χ0n) is 12.0. The SMILES string of the molecule is Cc1ccc([N+](=O)[O-])cc1OCCC1CCCC1(N)C#N.